The molecule has 0 saturated carbocycles. The predicted molar refractivity (Wildman–Crippen MR) is 247 cm³/mol. The average Bonchev–Trinajstić information content (AvgIpc) is 3.96. The first-order chi connectivity index (χ1) is 29.2. The van der Waals surface area contributed by atoms with Gasteiger partial charge < -0.3 is 4.57 Å². The van der Waals surface area contributed by atoms with Crippen molar-refractivity contribution in [3.63, 3.8) is 0 Å². The SMILES string of the molecule is C1=CC2=C(C=CC(n3c4c(c5ccccc53)C=C(C3=Cc5c6c(n(-c7nc(-c8cccc9c%10c(sc89)C=CCC%10)c8ccccc8n7)c5CC3)CCC=C6)CC4)C2)CC1. The van der Waals surface area contributed by atoms with E-state index in [1.165, 1.54) is 99.5 Å². The molecule has 59 heavy (non-hydrogen) atoms. The van der Waals surface area contributed by atoms with Crippen molar-refractivity contribution in [3.05, 3.63) is 170 Å². The summed E-state index contributed by atoms with van der Waals surface area (Å²) < 4.78 is 6.47. The Morgan fingerprint density at radius 1 is 0.576 bits per heavy atom. The van der Waals surface area contributed by atoms with Crippen LogP contribution in [0.25, 0.3) is 73.4 Å². The van der Waals surface area contributed by atoms with E-state index in [2.05, 4.69) is 137 Å². The van der Waals surface area contributed by atoms with E-state index >= 15 is 0 Å². The number of benzene rings is 3. The highest BCUT2D eigenvalue weighted by Gasteiger charge is 2.31. The third kappa shape index (κ3) is 5.20. The summed E-state index contributed by atoms with van der Waals surface area (Å²) in [7, 11) is 0. The number of aryl methyl sites for hydroxylation is 1. The molecular formula is C54H44N4S. The quantitative estimate of drug-likeness (QED) is 0.178. The van der Waals surface area contributed by atoms with Crippen molar-refractivity contribution in [1.82, 2.24) is 19.1 Å². The van der Waals surface area contributed by atoms with Gasteiger partial charge in [0.15, 0.2) is 0 Å². The average molecular weight is 781 g/mol. The van der Waals surface area contributed by atoms with Gasteiger partial charge in [0.25, 0.3) is 0 Å². The highest BCUT2D eigenvalue weighted by atomic mass is 32.1. The number of thiophene rings is 1. The molecule has 13 rings (SSSR count). The Morgan fingerprint density at radius 3 is 2.29 bits per heavy atom. The van der Waals surface area contributed by atoms with E-state index in [1.54, 1.807) is 0 Å². The minimum absolute atomic E-state index is 0.355. The summed E-state index contributed by atoms with van der Waals surface area (Å²) in [4.78, 5) is 12.3. The molecule has 3 aromatic carbocycles. The molecule has 1 unspecified atom stereocenters. The van der Waals surface area contributed by atoms with Gasteiger partial charge in [0.2, 0.25) is 5.95 Å². The first-order valence-electron chi connectivity index (χ1n) is 21.8. The second-order valence-electron chi connectivity index (χ2n) is 17.2. The van der Waals surface area contributed by atoms with Crippen LogP contribution in [-0.2, 0) is 25.7 Å². The van der Waals surface area contributed by atoms with Crippen LogP contribution in [0.5, 0.6) is 0 Å². The van der Waals surface area contributed by atoms with E-state index in [4.69, 9.17) is 9.97 Å². The summed E-state index contributed by atoms with van der Waals surface area (Å²) in [6.07, 6.45) is 35.9. The zero-order valence-corrected chi connectivity index (χ0v) is 34.0. The van der Waals surface area contributed by atoms with Crippen LogP contribution in [0, 0.1) is 0 Å². The van der Waals surface area contributed by atoms with Crippen LogP contribution in [0.3, 0.4) is 0 Å². The molecule has 7 aromatic rings. The van der Waals surface area contributed by atoms with Gasteiger partial charge in [-0.15, -0.1) is 11.3 Å². The van der Waals surface area contributed by atoms with Gasteiger partial charge in [-0.3, -0.25) is 4.57 Å². The molecule has 0 aliphatic heterocycles. The Kier molecular flexibility index (Phi) is 7.60. The molecule has 0 N–H and O–H groups in total. The van der Waals surface area contributed by atoms with E-state index in [0.29, 0.717) is 6.04 Å². The highest BCUT2D eigenvalue weighted by molar-refractivity contribution is 7.20. The van der Waals surface area contributed by atoms with Crippen molar-refractivity contribution >= 4 is 67.5 Å². The van der Waals surface area contributed by atoms with Gasteiger partial charge in [-0.1, -0.05) is 97.1 Å². The molecule has 0 saturated heterocycles. The monoisotopic (exact) mass is 780 g/mol. The maximum absolute atomic E-state index is 5.58. The molecule has 1 atom stereocenters. The number of hydrogen-bond acceptors (Lipinski definition) is 3. The second-order valence-corrected chi connectivity index (χ2v) is 18.2. The summed E-state index contributed by atoms with van der Waals surface area (Å²) >= 11 is 1.92. The minimum Gasteiger partial charge on any atom is -0.337 e. The van der Waals surface area contributed by atoms with Gasteiger partial charge in [0.1, 0.15) is 0 Å². The lowest BCUT2D eigenvalue weighted by Crippen LogP contribution is -2.16. The maximum Gasteiger partial charge on any atom is 0.235 e. The summed E-state index contributed by atoms with van der Waals surface area (Å²) in [6.45, 7) is 0. The largest absolute Gasteiger partial charge is 0.337 e. The number of fused-ring (bicyclic) bond motifs is 10. The second kappa shape index (κ2) is 13.2. The highest BCUT2D eigenvalue weighted by Crippen LogP contribution is 2.46. The summed E-state index contributed by atoms with van der Waals surface area (Å²) in [5.41, 5.74) is 20.5. The maximum atomic E-state index is 5.58. The van der Waals surface area contributed by atoms with Crippen LogP contribution in [-0.4, -0.2) is 19.1 Å². The fourth-order valence-electron chi connectivity index (χ4n) is 11.2. The minimum atomic E-state index is 0.355. The molecule has 0 radical (unpaired) electrons. The van der Waals surface area contributed by atoms with Gasteiger partial charge in [0.05, 0.1) is 17.3 Å². The Morgan fingerprint density at radius 2 is 1.34 bits per heavy atom. The van der Waals surface area contributed by atoms with Crippen molar-refractivity contribution in [3.8, 4) is 17.2 Å². The van der Waals surface area contributed by atoms with Crippen LogP contribution in [0.2, 0.25) is 0 Å². The molecule has 5 heteroatoms. The van der Waals surface area contributed by atoms with Gasteiger partial charge in [-0.25, -0.2) is 9.97 Å². The number of rotatable bonds is 4. The lowest BCUT2D eigenvalue weighted by molar-refractivity contribution is 0.581. The van der Waals surface area contributed by atoms with Gasteiger partial charge in [-0.05, 0) is 134 Å². The molecule has 4 heterocycles. The lowest BCUT2D eigenvalue weighted by atomic mass is 9.84. The molecule has 0 spiro atoms. The zero-order valence-electron chi connectivity index (χ0n) is 33.2. The van der Waals surface area contributed by atoms with E-state index in [1.807, 2.05) is 11.3 Å². The number of para-hydroxylation sites is 2. The Bertz CT molecular complexity index is 3200. The Hall–Kier alpha value is -6.04. The van der Waals surface area contributed by atoms with Crippen LogP contribution in [0.15, 0.2) is 125 Å². The first-order valence-corrected chi connectivity index (χ1v) is 22.6. The standard InChI is InChI=1S/C54H44N4S/c1-2-13-34-30-37(27-24-33(34)12-1)57-47-21-8-4-14-38(47)44-31-35(25-28-49(44)57)36-26-29-50-45(32-36)39-15-5-9-22-48(39)58(50)54-55-46-20-7-3-17-42(46)52(56-54)43-19-11-18-41-40-16-6-10-23-51(40)59-53(41)43/h2-5,7-8,10-11,13-15,17-21,23-24,27,31-32,37H,1,6,9,12,16,22,25-26,28-30H2. The molecular weight excluding hydrogens is 737 g/mol. The molecule has 0 bridgehead atoms. The number of nitrogens with zero attached hydrogens (tertiary/aromatic N) is 4. The van der Waals surface area contributed by atoms with E-state index < -0.39 is 0 Å². The summed E-state index contributed by atoms with van der Waals surface area (Å²) in [5, 5.41) is 3.87. The molecule has 286 valence electrons. The molecule has 0 fully saturated rings. The van der Waals surface area contributed by atoms with E-state index in [0.717, 1.165) is 86.8 Å². The molecule has 4 nitrogen and oxygen atoms in total. The normalized spacial score (nSPS) is 19.2. The van der Waals surface area contributed by atoms with Crippen LogP contribution in [0.1, 0.15) is 95.2 Å². The van der Waals surface area contributed by atoms with Crippen LogP contribution >= 0.6 is 11.3 Å². The van der Waals surface area contributed by atoms with Gasteiger partial charge in [-0.2, -0.15) is 0 Å². The van der Waals surface area contributed by atoms with Crippen molar-refractivity contribution in [2.45, 2.75) is 76.7 Å². The lowest BCUT2D eigenvalue weighted by Gasteiger charge is -2.28. The van der Waals surface area contributed by atoms with E-state index in [9.17, 15) is 0 Å². The third-order valence-electron chi connectivity index (χ3n) is 14.0. The Labute approximate surface area is 348 Å². The number of aromatic nitrogens is 4. The van der Waals surface area contributed by atoms with Gasteiger partial charge in [0, 0.05) is 65.2 Å². The zero-order chi connectivity index (χ0) is 38.6. The number of allylic oxidation sites excluding steroid dienone is 10. The predicted octanol–water partition coefficient (Wildman–Crippen LogP) is 13.7. The third-order valence-corrected chi connectivity index (χ3v) is 15.2. The fourth-order valence-corrected chi connectivity index (χ4v) is 12.5. The van der Waals surface area contributed by atoms with Crippen LogP contribution in [0.4, 0.5) is 0 Å². The van der Waals surface area contributed by atoms with Crippen LogP contribution < -0.4 is 0 Å². The van der Waals surface area contributed by atoms with Crippen molar-refractivity contribution < 1.29 is 0 Å². The molecule has 0 amide bonds. The van der Waals surface area contributed by atoms with Crippen molar-refractivity contribution in [2.75, 3.05) is 0 Å². The van der Waals surface area contributed by atoms with Crippen molar-refractivity contribution in [2.24, 2.45) is 0 Å². The molecule has 6 aliphatic rings. The summed E-state index contributed by atoms with van der Waals surface area (Å²) in [6, 6.07) is 24.9. The fraction of sp³-hybridized carbons (Fsp3) is 0.222. The van der Waals surface area contributed by atoms with Crippen molar-refractivity contribution in [1.29, 1.82) is 0 Å². The van der Waals surface area contributed by atoms with Gasteiger partial charge >= 0.3 is 0 Å². The van der Waals surface area contributed by atoms with E-state index in [-0.39, 0.29) is 0 Å². The smallest absolute Gasteiger partial charge is 0.235 e. The first kappa shape index (κ1) is 33.9. The summed E-state index contributed by atoms with van der Waals surface area (Å²) in [5.74, 6) is 0.805. The topological polar surface area (TPSA) is 35.6 Å². The Balaban J connectivity index is 0.930. The molecule has 6 aliphatic carbocycles. The molecule has 4 aromatic heterocycles. The number of hydrogen-bond donors (Lipinski definition) is 0.